The number of carbonyl (C=O) groups excluding carboxylic acids is 1. The normalized spacial score (nSPS) is 16.5. The van der Waals surface area contributed by atoms with Gasteiger partial charge in [-0.2, -0.15) is 18.4 Å². The van der Waals surface area contributed by atoms with E-state index < -0.39 is 54.8 Å². The highest BCUT2D eigenvalue weighted by atomic mass is 19.4. The van der Waals surface area contributed by atoms with Crippen LogP contribution in [0.4, 0.5) is 18.9 Å². The van der Waals surface area contributed by atoms with E-state index in [0.29, 0.717) is 24.2 Å². The van der Waals surface area contributed by atoms with Gasteiger partial charge in [-0.25, -0.2) is 0 Å². The summed E-state index contributed by atoms with van der Waals surface area (Å²) in [5.74, 6) is -1.09. The van der Waals surface area contributed by atoms with E-state index in [2.05, 4.69) is 0 Å². The predicted octanol–water partition coefficient (Wildman–Crippen LogP) is 2.56. The third-order valence-electron chi connectivity index (χ3n) is 5.16. The number of nitrogens with zero attached hydrogens (tertiary/aromatic N) is 2. The number of rotatable bonds is 8. The zero-order valence-electron chi connectivity index (χ0n) is 16.4. The van der Waals surface area contributed by atoms with Crippen molar-refractivity contribution in [3.05, 3.63) is 47.5 Å². The number of halogens is 3. The molecule has 1 saturated heterocycles. The van der Waals surface area contributed by atoms with Crippen molar-refractivity contribution < 1.29 is 33.3 Å². The Morgan fingerprint density at radius 3 is 2.39 bits per heavy atom. The van der Waals surface area contributed by atoms with E-state index in [1.165, 1.54) is 18.2 Å². The van der Waals surface area contributed by atoms with Gasteiger partial charge in [-0.3, -0.25) is 4.79 Å². The molecule has 2 aromatic rings. The van der Waals surface area contributed by atoms with Crippen LogP contribution in [-0.4, -0.2) is 59.2 Å². The topological polar surface area (TPSA) is 105 Å². The molecule has 31 heavy (non-hydrogen) atoms. The van der Waals surface area contributed by atoms with Gasteiger partial charge in [0.25, 0.3) is 0 Å². The number of aliphatic hydroxyl groups is 3. The lowest BCUT2D eigenvalue weighted by atomic mass is 9.91. The number of benzene rings is 2. The fraction of sp³-hybridized carbons (Fsp3) is 0.364. The summed E-state index contributed by atoms with van der Waals surface area (Å²) in [4.78, 5) is 14.3. The van der Waals surface area contributed by atoms with Crippen LogP contribution >= 0.6 is 0 Å². The second-order valence-electron chi connectivity index (χ2n) is 7.31. The Bertz CT molecular complexity index is 1050. The van der Waals surface area contributed by atoms with Gasteiger partial charge in [-0.05, 0) is 11.8 Å². The highest BCUT2D eigenvalue weighted by Crippen LogP contribution is 2.45. The molecule has 2 atom stereocenters. The molecule has 0 spiro atoms. The van der Waals surface area contributed by atoms with Crippen LogP contribution in [0.3, 0.4) is 0 Å². The Hall–Kier alpha value is -2.93. The van der Waals surface area contributed by atoms with Crippen LogP contribution in [0.25, 0.3) is 16.3 Å². The first-order chi connectivity index (χ1) is 14.7. The number of ketones is 1. The Morgan fingerprint density at radius 1 is 1.13 bits per heavy atom. The molecule has 1 heterocycles. The summed E-state index contributed by atoms with van der Waals surface area (Å²) in [6.07, 6.45) is -8.99. The van der Waals surface area contributed by atoms with E-state index in [4.69, 9.17) is 5.11 Å². The summed E-state index contributed by atoms with van der Waals surface area (Å²) in [6.45, 7) is 0.362. The molecule has 0 aliphatic carbocycles. The first kappa shape index (κ1) is 22.7. The van der Waals surface area contributed by atoms with Gasteiger partial charge in [0.15, 0.2) is 5.78 Å². The molecule has 2 unspecified atom stereocenters. The minimum absolute atomic E-state index is 0.246. The molecule has 3 N–H and O–H groups in total. The van der Waals surface area contributed by atoms with Crippen LogP contribution in [0, 0.1) is 11.3 Å². The Labute approximate surface area is 176 Å². The van der Waals surface area contributed by atoms with Crippen LogP contribution in [0.15, 0.2) is 42.0 Å². The fourth-order valence-corrected chi connectivity index (χ4v) is 3.48. The summed E-state index contributed by atoms with van der Waals surface area (Å²) >= 11 is 0. The quantitative estimate of drug-likeness (QED) is 0.335. The van der Waals surface area contributed by atoms with Crippen molar-refractivity contribution in [3.63, 3.8) is 0 Å². The van der Waals surface area contributed by atoms with Crippen molar-refractivity contribution in [3.8, 4) is 6.07 Å². The highest BCUT2D eigenvalue weighted by Gasteiger charge is 2.42. The second-order valence-corrected chi connectivity index (χ2v) is 7.31. The number of hydrogen-bond acceptors (Lipinski definition) is 6. The summed E-state index contributed by atoms with van der Waals surface area (Å²) in [5.41, 5.74) is -2.28. The van der Waals surface area contributed by atoms with E-state index in [9.17, 15) is 33.4 Å². The monoisotopic (exact) mass is 434 g/mol. The van der Waals surface area contributed by atoms with E-state index in [0.717, 1.165) is 5.39 Å². The van der Waals surface area contributed by atoms with Gasteiger partial charge in [0, 0.05) is 30.5 Å². The number of Topliss-reactive ketones (excluding diaryl/α,β-unsaturated/α-hetero) is 1. The van der Waals surface area contributed by atoms with Crippen LogP contribution in [0.2, 0.25) is 0 Å². The van der Waals surface area contributed by atoms with Crippen LogP contribution < -0.4 is 4.90 Å². The smallest absolute Gasteiger partial charge is 0.394 e. The number of fused-ring (bicyclic) bond motifs is 1. The van der Waals surface area contributed by atoms with Gasteiger partial charge in [-0.1, -0.05) is 36.4 Å². The minimum Gasteiger partial charge on any atom is -0.394 e. The van der Waals surface area contributed by atoms with Crippen molar-refractivity contribution in [1.82, 2.24) is 0 Å². The summed E-state index contributed by atoms with van der Waals surface area (Å²) < 4.78 is 42.4. The van der Waals surface area contributed by atoms with Crippen molar-refractivity contribution in [2.75, 3.05) is 24.6 Å². The van der Waals surface area contributed by atoms with E-state index in [1.54, 1.807) is 29.2 Å². The number of allylic oxidation sites excluding steroid dienone is 2. The van der Waals surface area contributed by atoms with Crippen molar-refractivity contribution >= 4 is 27.8 Å². The molecule has 1 aliphatic heterocycles. The zero-order chi connectivity index (χ0) is 22.8. The maximum absolute atomic E-state index is 14.1. The lowest BCUT2D eigenvalue weighted by Gasteiger charge is -2.20. The molecular weight excluding hydrogens is 413 g/mol. The second kappa shape index (κ2) is 9.06. The third kappa shape index (κ3) is 4.88. The molecule has 3 rings (SSSR count). The van der Waals surface area contributed by atoms with Crippen LogP contribution in [0.5, 0.6) is 0 Å². The maximum Gasteiger partial charge on any atom is 0.418 e. The van der Waals surface area contributed by atoms with Gasteiger partial charge in [0.05, 0.1) is 24.0 Å². The van der Waals surface area contributed by atoms with E-state index in [1.807, 2.05) is 0 Å². The van der Waals surface area contributed by atoms with Gasteiger partial charge >= 0.3 is 6.18 Å². The van der Waals surface area contributed by atoms with Gasteiger partial charge in [0.1, 0.15) is 17.7 Å². The van der Waals surface area contributed by atoms with Crippen molar-refractivity contribution in [2.24, 2.45) is 0 Å². The summed E-state index contributed by atoms with van der Waals surface area (Å²) in [5, 5.41) is 38.7. The Balaban J connectivity index is 2.11. The van der Waals surface area contributed by atoms with Gasteiger partial charge in [0.2, 0.25) is 0 Å². The number of alkyl halides is 3. The standard InChI is InChI=1S/C22H21F3N2O4/c23-22(24,25)20(16(11-26)17(29)7-8-18(30)19(31)12-28)15-6-5-13-3-1-2-4-14(13)21(15)27-9-10-27/h1-6,18-19,28,30-31H,7-10,12H2/b20-16-. The molecule has 164 valence electrons. The number of hydrogen-bond donors (Lipinski definition) is 3. The molecule has 0 amide bonds. The molecule has 9 heteroatoms. The number of anilines is 1. The molecule has 0 radical (unpaired) electrons. The van der Waals surface area contributed by atoms with Crippen molar-refractivity contribution in [1.29, 1.82) is 5.26 Å². The molecule has 6 nitrogen and oxygen atoms in total. The molecule has 1 aliphatic rings. The molecule has 0 bridgehead atoms. The molecule has 0 saturated carbocycles. The molecule has 0 aromatic heterocycles. The highest BCUT2D eigenvalue weighted by molar-refractivity contribution is 6.10. The lowest BCUT2D eigenvalue weighted by molar-refractivity contribution is -0.116. The van der Waals surface area contributed by atoms with Gasteiger partial charge in [-0.15, -0.1) is 0 Å². The lowest BCUT2D eigenvalue weighted by Crippen LogP contribution is -2.30. The Kier molecular flexibility index (Phi) is 6.65. The molecular formula is C22H21F3N2O4. The van der Waals surface area contributed by atoms with Crippen LogP contribution in [0.1, 0.15) is 18.4 Å². The zero-order valence-corrected chi connectivity index (χ0v) is 16.4. The van der Waals surface area contributed by atoms with E-state index in [-0.39, 0.29) is 5.56 Å². The van der Waals surface area contributed by atoms with Crippen LogP contribution in [-0.2, 0) is 4.79 Å². The molecule has 2 aromatic carbocycles. The average Bonchev–Trinajstić information content (AvgIpc) is 3.58. The maximum atomic E-state index is 14.1. The largest absolute Gasteiger partial charge is 0.418 e. The van der Waals surface area contributed by atoms with Gasteiger partial charge < -0.3 is 20.2 Å². The first-order valence-electron chi connectivity index (χ1n) is 9.67. The summed E-state index contributed by atoms with van der Waals surface area (Å²) in [7, 11) is 0. The number of carbonyl (C=O) groups is 1. The summed E-state index contributed by atoms with van der Waals surface area (Å²) in [6, 6.07) is 11.1. The average molecular weight is 434 g/mol. The number of nitriles is 1. The minimum atomic E-state index is -4.98. The van der Waals surface area contributed by atoms with Crippen molar-refractivity contribution in [2.45, 2.75) is 31.2 Å². The SMILES string of the molecule is N#C/C(C(=O)CCC(O)C(O)CO)=C(\c1ccc2ccccc2c1N1CC1)C(F)(F)F. The predicted molar refractivity (Wildman–Crippen MR) is 108 cm³/mol. The fourth-order valence-electron chi connectivity index (χ4n) is 3.48. The number of aliphatic hydroxyl groups excluding tert-OH is 3. The van der Waals surface area contributed by atoms with E-state index >= 15 is 0 Å². The third-order valence-corrected chi connectivity index (χ3v) is 5.16. The Morgan fingerprint density at radius 2 is 1.81 bits per heavy atom. The first-order valence-corrected chi connectivity index (χ1v) is 9.67. The molecule has 1 fully saturated rings.